The monoisotopic (exact) mass is 355 g/mol. The van der Waals surface area contributed by atoms with Crippen molar-refractivity contribution in [2.24, 2.45) is 5.92 Å². The maximum Gasteiger partial charge on any atom is 0.240 e. The van der Waals surface area contributed by atoms with Crippen molar-refractivity contribution in [3.8, 4) is 6.07 Å². The van der Waals surface area contributed by atoms with E-state index >= 15 is 0 Å². The number of hydrogen-bond acceptors (Lipinski definition) is 4. The summed E-state index contributed by atoms with van der Waals surface area (Å²) in [5.74, 6) is 0.112. The number of nitriles is 1. The number of nitrogens with zero attached hydrogens (tertiary/aromatic N) is 1. The predicted molar refractivity (Wildman–Crippen MR) is 93.0 cm³/mol. The van der Waals surface area contributed by atoms with Gasteiger partial charge in [-0.3, -0.25) is 4.79 Å². The van der Waals surface area contributed by atoms with Gasteiger partial charge >= 0.3 is 0 Å². The van der Waals surface area contributed by atoms with Gasteiger partial charge in [-0.25, -0.2) is 13.1 Å². The Balaban J connectivity index is 1.68. The Morgan fingerprint density at radius 3 is 2.64 bits per heavy atom. The third-order valence-corrected chi connectivity index (χ3v) is 5.28. The van der Waals surface area contributed by atoms with E-state index in [1.54, 1.807) is 30.3 Å². The lowest BCUT2D eigenvalue weighted by molar-refractivity contribution is -0.117. The van der Waals surface area contributed by atoms with Crippen molar-refractivity contribution in [3.05, 3.63) is 59.7 Å². The summed E-state index contributed by atoms with van der Waals surface area (Å²) >= 11 is 0. The van der Waals surface area contributed by atoms with E-state index in [0.717, 1.165) is 18.4 Å². The van der Waals surface area contributed by atoms with E-state index in [2.05, 4.69) is 10.0 Å². The Kier molecular flexibility index (Phi) is 4.83. The van der Waals surface area contributed by atoms with Crippen LogP contribution in [-0.4, -0.2) is 14.3 Å². The van der Waals surface area contributed by atoms with Crippen molar-refractivity contribution in [3.63, 3.8) is 0 Å². The van der Waals surface area contributed by atoms with Gasteiger partial charge in [-0.15, -0.1) is 0 Å². The molecule has 0 spiro atoms. The first-order chi connectivity index (χ1) is 12.0. The molecule has 3 rings (SSSR count). The molecular weight excluding hydrogens is 338 g/mol. The van der Waals surface area contributed by atoms with E-state index in [1.165, 1.54) is 18.2 Å². The summed E-state index contributed by atoms with van der Waals surface area (Å²) in [4.78, 5) is 11.8. The summed E-state index contributed by atoms with van der Waals surface area (Å²) in [6.07, 6.45) is 1.85. The number of rotatable bonds is 6. The molecule has 0 saturated heterocycles. The van der Waals surface area contributed by atoms with Gasteiger partial charge in [0.2, 0.25) is 15.9 Å². The van der Waals surface area contributed by atoms with E-state index < -0.39 is 10.0 Å². The van der Waals surface area contributed by atoms with Gasteiger partial charge in [0.05, 0.1) is 16.5 Å². The number of carbonyl (C=O) groups excluding carboxylic acids is 1. The van der Waals surface area contributed by atoms with Gasteiger partial charge < -0.3 is 5.32 Å². The molecule has 0 bridgehead atoms. The lowest BCUT2D eigenvalue weighted by atomic mass is 10.2. The molecule has 1 aliphatic carbocycles. The summed E-state index contributed by atoms with van der Waals surface area (Å²) in [7, 11) is -3.72. The zero-order valence-electron chi connectivity index (χ0n) is 13.4. The number of nitrogens with one attached hydrogen (secondary N) is 2. The van der Waals surface area contributed by atoms with Crippen molar-refractivity contribution < 1.29 is 13.2 Å². The Morgan fingerprint density at radius 1 is 1.16 bits per heavy atom. The van der Waals surface area contributed by atoms with Gasteiger partial charge in [-0.2, -0.15) is 5.26 Å². The average Bonchev–Trinajstić information content (AvgIpc) is 3.46. The van der Waals surface area contributed by atoms with Crippen LogP contribution in [0.3, 0.4) is 0 Å². The van der Waals surface area contributed by atoms with Gasteiger partial charge in [0.1, 0.15) is 0 Å². The highest BCUT2D eigenvalue weighted by Crippen LogP contribution is 2.30. The minimum atomic E-state index is -3.72. The molecule has 6 nitrogen and oxygen atoms in total. The fourth-order valence-electron chi connectivity index (χ4n) is 2.34. The zero-order chi connectivity index (χ0) is 17.9. The topological polar surface area (TPSA) is 99.1 Å². The molecule has 1 saturated carbocycles. The number of amides is 1. The Labute approximate surface area is 146 Å². The predicted octanol–water partition coefficient (Wildman–Crippen LogP) is 2.39. The molecule has 0 radical (unpaired) electrons. The third kappa shape index (κ3) is 4.44. The number of carbonyl (C=O) groups is 1. The van der Waals surface area contributed by atoms with Crippen LogP contribution in [0.25, 0.3) is 0 Å². The van der Waals surface area contributed by atoms with Gasteiger partial charge in [-0.1, -0.05) is 18.2 Å². The molecule has 0 heterocycles. The summed E-state index contributed by atoms with van der Waals surface area (Å²) < 4.78 is 27.2. The first kappa shape index (κ1) is 17.1. The number of sulfonamides is 1. The van der Waals surface area contributed by atoms with Crippen LogP contribution >= 0.6 is 0 Å². The van der Waals surface area contributed by atoms with E-state index in [0.29, 0.717) is 5.69 Å². The van der Waals surface area contributed by atoms with Crippen molar-refractivity contribution in [1.82, 2.24) is 4.72 Å². The zero-order valence-corrected chi connectivity index (χ0v) is 14.2. The second-order valence-corrected chi connectivity index (χ2v) is 7.70. The smallest absolute Gasteiger partial charge is 0.240 e. The highest BCUT2D eigenvalue weighted by atomic mass is 32.2. The van der Waals surface area contributed by atoms with E-state index in [9.17, 15) is 13.2 Å². The minimum absolute atomic E-state index is 0.00560. The molecule has 0 unspecified atom stereocenters. The molecule has 2 N–H and O–H groups in total. The first-order valence-corrected chi connectivity index (χ1v) is 9.36. The molecule has 128 valence electrons. The van der Waals surface area contributed by atoms with Crippen LogP contribution in [0, 0.1) is 17.2 Å². The van der Waals surface area contributed by atoms with Crippen LogP contribution in [0.5, 0.6) is 0 Å². The number of hydrogen-bond donors (Lipinski definition) is 2. The van der Waals surface area contributed by atoms with Crippen LogP contribution in [0.1, 0.15) is 24.0 Å². The second kappa shape index (κ2) is 7.05. The van der Waals surface area contributed by atoms with Crippen LogP contribution in [-0.2, 0) is 21.4 Å². The van der Waals surface area contributed by atoms with Gasteiger partial charge in [0, 0.05) is 18.2 Å². The molecule has 1 amide bonds. The molecule has 1 aliphatic rings. The van der Waals surface area contributed by atoms with E-state index in [1.807, 2.05) is 6.07 Å². The van der Waals surface area contributed by atoms with Crippen LogP contribution in [0.2, 0.25) is 0 Å². The SMILES string of the molecule is N#Cc1cccc(S(=O)(=O)NCc2cccc(NC(=O)C3CC3)c2)c1. The van der Waals surface area contributed by atoms with Crippen LogP contribution in [0.4, 0.5) is 5.69 Å². The second-order valence-electron chi connectivity index (χ2n) is 5.93. The molecule has 0 aromatic heterocycles. The average molecular weight is 355 g/mol. The summed E-state index contributed by atoms with van der Waals surface area (Å²) in [5, 5.41) is 11.7. The summed E-state index contributed by atoms with van der Waals surface area (Å²) in [5.41, 5.74) is 1.67. The van der Waals surface area contributed by atoms with Crippen molar-refractivity contribution in [1.29, 1.82) is 5.26 Å². The minimum Gasteiger partial charge on any atom is -0.326 e. The molecule has 25 heavy (non-hydrogen) atoms. The highest BCUT2D eigenvalue weighted by molar-refractivity contribution is 7.89. The maximum atomic E-state index is 12.3. The fourth-order valence-corrected chi connectivity index (χ4v) is 3.41. The fraction of sp³-hybridized carbons (Fsp3) is 0.222. The lowest BCUT2D eigenvalue weighted by Gasteiger charge is -2.09. The Hall–Kier alpha value is -2.69. The third-order valence-electron chi connectivity index (χ3n) is 3.88. The molecule has 0 aliphatic heterocycles. The lowest BCUT2D eigenvalue weighted by Crippen LogP contribution is -2.23. The van der Waals surface area contributed by atoms with Crippen LogP contribution in [0.15, 0.2) is 53.4 Å². The number of anilines is 1. The summed E-state index contributed by atoms with van der Waals surface area (Å²) in [6, 6.07) is 14.8. The van der Waals surface area contributed by atoms with Crippen molar-refractivity contribution >= 4 is 21.6 Å². The van der Waals surface area contributed by atoms with Gasteiger partial charge in [0.15, 0.2) is 0 Å². The first-order valence-electron chi connectivity index (χ1n) is 7.87. The van der Waals surface area contributed by atoms with E-state index in [-0.39, 0.29) is 28.8 Å². The molecule has 7 heteroatoms. The maximum absolute atomic E-state index is 12.3. The quantitative estimate of drug-likeness (QED) is 0.831. The largest absolute Gasteiger partial charge is 0.326 e. The van der Waals surface area contributed by atoms with Crippen molar-refractivity contribution in [2.45, 2.75) is 24.3 Å². The highest BCUT2D eigenvalue weighted by Gasteiger charge is 2.29. The van der Waals surface area contributed by atoms with Gasteiger partial charge in [-0.05, 0) is 48.7 Å². The molecule has 0 atom stereocenters. The van der Waals surface area contributed by atoms with Gasteiger partial charge in [0.25, 0.3) is 0 Å². The van der Waals surface area contributed by atoms with Crippen molar-refractivity contribution in [2.75, 3.05) is 5.32 Å². The Bertz CT molecular complexity index is 944. The van der Waals surface area contributed by atoms with E-state index in [4.69, 9.17) is 5.26 Å². The molecular formula is C18H17N3O3S. The molecule has 2 aromatic rings. The standard InChI is InChI=1S/C18H17N3O3S/c19-11-13-3-2-6-17(10-13)25(23,24)20-12-14-4-1-5-16(9-14)21-18(22)15-7-8-15/h1-6,9-10,15,20H,7-8,12H2,(H,21,22). The normalized spacial score (nSPS) is 13.9. The molecule has 1 fully saturated rings. The number of benzene rings is 2. The van der Waals surface area contributed by atoms with Crippen LogP contribution < -0.4 is 10.0 Å². The molecule has 2 aromatic carbocycles. The Morgan fingerprint density at radius 2 is 1.92 bits per heavy atom. The summed E-state index contributed by atoms with van der Waals surface area (Å²) in [6.45, 7) is 0.0895.